The molecule has 4 heteroatoms. The van der Waals surface area contributed by atoms with Crippen LogP contribution in [0.2, 0.25) is 0 Å². The Hall–Kier alpha value is -0.680. The van der Waals surface area contributed by atoms with Gasteiger partial charge in [-0.05, 0) is 43.0 Å². The molecule has 1 fully saturated rings. The number of thiophene rings is 2. The number of aryl methyl sites for hydroxylation is 1. The first kappa shape index (κ1) is 13.3. The lowest BCUT2D eigenvalue weighted by atomic mass is 10.2. The second-order valence-corrected chi connectivity index (χ2v) is 6.92. The van der Waals surface area contributed by atoms with E-state index in [0.717, 1.165) is 26.3 Å². The third-order valence-corrected chi connectivity index (χ3v) is 5.64. The number of hydrogen-bond acceptors (Lipinski definition) is 4. The van der Waals surface area contributed by atoms with Gasteiger partial charge in [0.05, 0.1) is 13.2 Å². The van der Waals surface area contributed by atoms with Crippen LogP contribution in [0.15, 0.2) is 29.6 Å². The van der Waals surface area contributed by atoms with Gasteiger partial charge in [-0.25, -0.2) is 0 Å². The summed E-state index contributed by atoms with van der Waals surface area (Å²) < 4.78 is 5.37. The lowest BCUT2D eigenvalue weighted by molar-refractivity contribution is 0.0375. The van der Waals surface area contributed by atoms with Gasteiger partial charge in [0.1, 0.15) is 0 Å². The van der Waals surface area contributed by atoms with Gasteiger partial charge in [0.2, 0.25) is 0 Å². The van der Waals surface area contributed by atoms with Crippen LogP contribution in [0.1, 0.15) is 11.3 Å². The average molecular weight is 293 g/mol. The molecule has 0 spiro atoms. The fraction of sp³-hybridized carbons (Fsp3) is 0.467. The Labute approximate surface area is 122 Å². The summed E-state index contributed by atoms with van der Waals surface area (Å²) in [7, 11) is 0. The minimum atomic E-state index is 0.904. The van der Waals surface area contributed by atoms with Crippen LogP contribution in [0.25, 0.3) is 9.75 Å². The number of ether oxygens (including phenoxy) is 1. The van der Waals surface area contributed by atoms with Gasteiger partial charge in [0.25, 0.3) is 0 Å². The van der Waals surface area contributed by atoms with E-state index in [-0.39, 0.29) is 0 Å². The highest BCUT2D eigenvalue weighted by Crippen LogP contribution is 2.31. The van der Waals surface area contributed by atoms with E-state index >= 15 is 0 Å². The summed E-state index contributed by atoms with van der Waals surface area (Å²) in [5.41, 5.74) is 0. The minimum absolute atomic E-state index is 0.904. The summed E-state index contributed by atoms with van der Waals surface area (Å²) in [4.78, 5) is 6.83. The predicted molar refractivity (Wildman–Crippen MR) is 83.2 cm³/mol. The van der Waals surface area contributed by atoms with Crippen molar-refractivity contribution in [1.29, 1.82) is 0 Å². The largest absolute Gasteiger partial charge is 0.379 e. The van der Waals surface area contributed by atoms with E-state index < -0.39 is 0 Å². The first-order valence-electron chi connectivity index (χ1n) is 6.84. The van der Waals surface area contributed by atoms with E-state index in [1.54, 1.807) is 0 Å². The summed E-state index contributed by atoms with van der Waals surface area (Å²) in [5, 5.41) is 2.15. The second-order valence-electron chi connectivity index (χ2n) is 4.80. The third kappa shape index (κ3) is 3.66. The fourth-order valence-electron chi connectivity index (χ4n) is 2.37. The molecule has 0 unspecified atom stereocenters. The lowest BCUT2D eigenvalue weighted by Gasteiger charge is -2.26. The molecule has 2 aromatic heterocycles. The highest BCUT2D eigenvalue weighted by molar-refractivity contribution is 7.21. The highest BCUT2D eigenvalue weighted by Gasteiger charge is 2.10. The molecule has 0 N–H and O–H groups in total. The topological polar surface area (TPSA) is 12.5 Å². The molecule has 1 aliphatic heterocycles. The quantitative estimate of drug-likeness (QED) is 0.832. The minimum Gasteiger partial charge on any atom is -0.379 e. The van der Waals surface area contributed by atoms with Crippen LogP contribution in [-0.2, 0) is 11.2 Å². The third-order valence-electron chi connectivity index (χ3n) is 3.43. The Kier molecular flexibility index (Phi) is 4.66. The van der Waals surface area contributed by atoms with Crippen LogP contribution in [0.5, 0.6) is 0 Å². The standard InChI is InChI=1S/C15H19NOS2/c1(7-16-8-10-17-11-9-16)3-13-5-6-15(19-13)14-4-2-12-18-14/h2,4-6,12H,1,3,7-11H2. The van der Waals surface area contributed by atoms with Crippen LogP contribution in [-0.4, -0.2) is 37.7 Å². The van der Waals surface area contributed by atoms with E-state index in [2.05, 4.69) is 34.5 Å². The highest BCUT2D eigenvalue weighted by atomic mass is 32.1. The summed E-state index contributed by atoms with van der Waals surface area (Å²) in [5.74, 6) is 0. The second kappa shape index (κ2) is 6.66. The molecular weight excluding hydrogens is 274 g/mol. The van der Waals surface area contributed by atoms with E-state index in [1.165, 1.54) is 34.0 Å². The molecule has 3 rings (SSSR count). The Morgan fingerprint density at radius 2 is 2.00 bits per heavy atom. The smallest absolute Gasteiger partial charge is 0.0594 e. The first-order chi connectivity index (χ1) is 9.42. The van der Waals surface area contributed by atoms with Crippen molar-refractivity contribution in [2.45, 2.75) is 12.8 Å². The molecule has 3 heterocycles. The molecule has 0 bridgehead atoms. The molecular formula is C15H19NOS2. The predicted octanol–water partition coefficient (Wildman–Crippen LogP) is 3.74. The van der Waals surface area contributed by atoms with E-state index in [0.29, 0.717) is 0 Å². The Bertz CT molecular complexity index is 486. The maximum absolute atomic E-state index is 5.37. The summed E-state index contributed by atoms with van der Waals surface area (Å²) in [6, 6.07) is 8.88. The zero-order valence-electron chi connectivity index (χ0n) is 11.0. The van der Waals surface area contributed by atoms with Crippen LogP contribution in [0, 0.1) is 0 Å². The van der Waals surface area contributed by atoms with Crippen LogP contribution < -0.4 is 0 Å². The molecule has 0 saturated carbocycles. The molecule has 1 saturated heterocycles. The molecule has 0 aromatic carbocycles. The van der Waals surface area contributed by atoms with E-state index in [4.69, 9.17) is 4.74 Å². The number of morpholine rings is 1. The molecule has 0 amide bonds. The zero-order chi connectivity index (χ0) is 12.9. The Morgan fingerprint density at radius 1 is 1.11 bits per heavy atom. The van der Waals surface area contributed by atoms with Crippen LogP contribution in [0.3, 0.4) is 0 Å². The van der Waals surface area contributed by atoms with E-state index in [1.807, 2.05) is 22.7 Å². The number of nitrogens with zero attached hydrogens (tertiary/aromatic N) is 1. The van der Waals surface area contributed by atoms with Gasteiger partial charge in [-0.3, -0.25) is 4.90 Å². The van der Waals surface area contributed by atoms with Gasteiger partial charge in [-0.15, -0.1) is 22.7 Å². The molecule has 0 radical (unpaired) electrons. The summed E-state index contributed by atoms with van der Waals surface area (Å²) in [6.45, 7) is 5.22. The lowest BCUT2D eigenvalue weighted by Crippen LogP contribution is -2.36. The molecule has 0 atom stereocenters. The van der Waals surface area contributed by atoms with Gasteiger partial charge in [0, 0.05) is 27.7 Å². The zero-order valence-corrected chi connectivity index (χ0v) is 12.6. The van der Waals surface area contributed by atoms with E-state index in [9.17, 15) is 0 Å². The van der Waals surface area contributed by atoms with Crippen molar-refractivity contribution >= 4 is 22.7 Å². The fourth-order valence-corrected chi connectivity index (χ4v) is 4.25. The van der Waals surface area contributed by atoms with Gasteiger partial charge in [-0.2, -0.15) is 0 Å². The van der Waals surface area contributed by atoms with Crippen molar-refractivity contribution in [1.82, 2.24) is 4.90 Å². The summed E-state index contributed by atoms with van der Waals surface area (Å²) >= 11 is 3.77. The molecule has 0 aliphatic carbocycles. The molecule has 19 heavy (non-hydrogen) atoms. The number of hydrogen-bond donors (Lipinski definition) is 0. The molecule has 2 aromatic rings. The molecule has 1 aliphatic rings. The maximum atomic E-state index is 5.37. The van der Waals surface area contributed by atoms with Gasteiger partial charge in [-0.1, -0.05) is 6.07 Å². The van der Waals surface area contributed by atoms with Gasteiger partial charge >= 0.3 is 0 Å². The Balaban J connectivity index is 1.48. The monoisotopic (exact) mass is 293 g/mol. The summed E-state index contributed by atoms with van der Waals surface area (Å²) in [6.07, 6.45) is 2.46. The van der Waals surface area contributed by atoms with Crippen molar-refractivity contribution in [3.05, 3.63) is 34.5 Å². The number of rotatable bonds is 5. The van der Waals surface area contributed by atoms with Crippen molar-refractivity contribution in [3.63, 3.8) is 0 Å². The van der Waals surface area contributed by atoms with Crippen molar-refractivity contribution in [2.24, 2.45) is 0 Å². The maximum Gasteiger partial charge on any atom is 0.0594 e. The average Bonchev–Trinajstić information content (AvgIpc) is 3.10. The first-order valence-corrected chi connectivity index (χ1v) is 8.54. The van der Waals surface area contributed by atoms with Gasteiger partial charge < -0.3 is 4.74 Å². The Morgan fingerprint density at radius 3 is 2.79 bits per heavy atom. The normalized spacial score (nSPS) is 16.8. The SMILES string of the molecule is c1csc(-c2ccc(CCCN3CCOCC3)s2)c1. The van der Waals surface area contributed by atoms with Crippen molar-refractivity contribution in [3.8, 4) is 9.75 Å². The van der Waals surface area contributed by atoms with Crippen LogP contribution >= 0.6 is 22.7 Å². The molecule has 102 valence electrons. The van der Waals surface area contributed by atoms with Crippen molar-refractivity contribution < 1.29 is 4.74 Å². The van der Waals surface area contributed by atoms with Gasteiger partial charge in [0.15, 0.2) is 0 Å². The van der Waals surface area contributed by atoms with Crippen molar-refractivity contribution in [2.75, 3.05) is 32.8 Å². The van der Waals surface area contributed by atoms with Crippen LogP contribution in [0.4, 0.5) is 0 Å². The molecule has 2 nitrogen and oxygen atoms in total.